The lowest BCUT2D eigenvalue weighted by molar-refractivity contribution is 0.126. The lowest BCUT2D eigenvalue weighted by Gasteiger charge is -2.34. The summed E-state index contributed by atoms with van der Waals surface area (Å²) in [6, 6.07) is 8.90. The SMILES string of the molecule is Cc1csc2nc(Nc3ccc(N4CCN(C)CC4)cc3)nc(N[C@H]3CC[C@H](O)CC3)c12. The number of nitrogens with zero attached hydrogens (tertiary/aromatic N) is 4. The molecule has 2 aromatic heterocycles. The van der Waals surface area contributed by atoms with E-state index in [2.05, 4.69) is 64.1 Å². The van der Waals surface area contributed by atoms with Crippen molar-refractivity contribution in [3.05, 3.63) is 35.2 Å². The number of aliphatic hydroxyl groups is 1. The molecule has 0 radical (unpaired) electrons. The summed E-state index contributed by atoms with van der Waals surface area (Å²) in [6.45, 7) is 6.44. The summed E-state index contributed by atoms with van der Waals surface area (Å²) in [5.41, 5.74) is 3.45. The van der Waals surface area contributed by atoms with Crippen molar-refractivity contribution >= 4 is 44.7 Å². The number of piperazine rings is 1. The topological polar surface area (TPSA) is 76.6 Å². The van der Waals surface area contributed by atoms with Crippen LogP contribution < -0.4 is 15.5 Å². The number of likely N-dealkylation sites (N-methyl/N-ethyl adjacent to an activating group) is 1. The molecule has 3 N–H and O–H groups in total. The molecule has 0 unspecified atom stereocenters. The molecule has 3 aromatic rings. The molecule has 8 heteroatoms. The highest BCUT2D eigenvalue weighted by atomic mass is 32.1. The first-order valence-corrected chi connectivity index (χ1v) is 12.4. The monoisotopic (exact) mass is 452 g/mol. The van der Waals surface area contributed by atoms with E-state index >= 15 is 0 Å². The van der Waals surface area contributed by atoms with Crippen LogP contribution >= 0.6 is 11.3 Å². The first-order valence-electron chi connectivity index (χ1n) is 11.6. The first kappa shape index (κ1) is 21.4. The number of nitrogens with one attached hydrogen (secondary N) is 2. The van der Waals surface area contributed by atoms with Crippen molar-refractivity contribution < 1.29 is 5.11 Å². The third kappa shape index (κ3) is 4.67. The molecule has 1 aromatic carbocycles. The summed E-state index contributed by atoms with van der Waals surface area (Å²) in [4.78, 5) is 15.4. The fourth-order valence-corrected chi connectivity index (χ4v) is 5.53. The standard InChI is InChI=1S/C24H32N6OS/c1-16-15-32-23-21(16)22(25-17-5-9-20(31)10-6-17)27-24(28-23)26-18-3-7-19(8-4-18)30-13-11-29(2)12-14-30/h3-4,7-8,15,17,20,31H,5-6,9-14H2,1-2H3,(H2,25,26,27,28)/t17-,20-. The minimum Gasteiger partial charge on any atom is -0.393 e. The van der Waals surface area contributed by atoms with Gasteiger partial charge in [0, 0.05) is 43.6 Å². The first-order chi connectivity index (χ1) is 15.5. The molecule has 1 aliphatic heterocycles. The highest BCUT2D eigenvalue weighted by molar-refractivity contribution is 7.17. The van der Waals surface area contributed by atoms with Gasteiger partial charge in [0.15, 0.2) is 0 Å². The van der Waals surface area contributed by atoms with E-state index in [9.17, 15) is 5.11 Å². The maximum absolute atomic E-state index is 9.83. The van der Waals surface area contributed by atoms with Crippen molar-refractivity contribution in [3.63, 3.8) is 0 Å². The number of rotatable bonds is 5. The zero-order chi connectivity index (χ0) is 22.1. The van der Waals surface area contributed by atoms with Crippen LogP contribution in [0.2, 0.25) is 0 Å². The molecule has 0 spiro atoms. The van der Waals surface area contributed by atoms with Gasteiger partial charge in [0.25, 0.3) is 0 Å². The van der Waals surface area contributed by atoms with Gasteiger partial charge in [-0.1, -0.05) is 0 Å². The molecule has 5 rings (SSSR count). The number of hydrogen-bond donors (Lipinski definition) is 3. The molecule has 170 valence electrons. The van der Waals surface area contributed by atoms with E-state index in [4.69, 9.17) is 9.97 Å². The highest BCUT2D eigenvalue weighted by Gasteiger charge is 2.22. The molecule has 1 aliphatic carbocycles. The fraction of sp³-hybridized carbons (Fsp3) is 0.500. The molecule has 1 saturated carbocycles. The lowest BCUT2D eigenvalue weighted by atomic mass is 9.93. The fourth-order valence-electron chi connectivity index (χ4n) is 4.61. The van der Waals surface area contributed by atoms with Crippen molar-refractivity contribution in [3.8, 4) is 0 Å². The zero-order valence-corrected chi connectivity index (χ0v) is 19.7. The van der Waals surface area contributed by atoms with Crippen molar-refractivity contribution in [2.75, 3.05) is 48.8 Å². The molecule has 2 fully saturated rings. The average Bonchev–Trinajstić information content (AvgIpc) is 3.17. The van der Waals surface area contributed by atoms with Crippen molar-refractivity contribution in [2.45, 2.75) is 44.8 Å². The van der Waals surface area contributed by atoms with E-state index in [0.717, 1.165) is 73.6 Å². The van der Waals surface area contributed by atoms with Gasteiger partial charge in [-0.2, -0.15) is 4.98 Å². The minimum atomic E-state index is -0.160. The van der Waals surface area contributed by atoms with Crippen LogP contribution in [-0.2, 0) is 0 Å². The second-order valence-corrected chi connectivity index (χ2v) is 9.96. The van der Waals surface area contributed by atoms with E-state index in [1.807, 2.05) is 0 Å². The molecule has 1 saturated heterocycles. The van der Waals surface area contributed by atoms with Gasteiger partial charge in [-0.05, 0) is 74.9 Å². The Balaban J connectivity index is 1.34. The molecule has 32 heavy (non-hydrogen) atoms. The Kier molecular flexibility index (Phi) is 6.17. The number of hydrogen-bond acceptors (Lipinski definition) is 8. The van der Waals surface area contributed by atoms with Gasteiger partial charge in [-0.3, -0.25) is 0 Å². The predicted molar refractivity (Wildman–Crippen MR) is 133 cm³/mol. The lowest BCUT2D eigenvalue weighted by Crippen LogP contribution is -2.44. The van der Waals surface area contributed by atoms with Crippen molar-refractivity contribution in [2.24, 2.45) is 0 Å². The van der Waals surface area contributed by atoms with Gasteiger partial charge < -0.3 is 25.5 Å². The van der Waals surface area contributed by atoms with E-state index in [0.29, 0.717) is 12.0 Å². The predicted octanol–water partition coefficient (Wildman–Crippen LogP) is 4.21. The van der Waals surface area contributed by atoms with Crippen LogP contribution in [0.3, 0.4) is 0 Å². The average molecular weight is 453 g/mol. The molecule has 0 atom stereocenters. The Morgan fingerprint density at radius 1 is 1.00 bits per heavy atom. The van der Waals surface area contributed by atoms with Gasteiger partial charge in [0.05, 0.1) is 11.5 Å². The number of fused-ring (bicyclic) bond motifs is 1. The van der Waals surface area contributed by atoms with E-state index in [-0.39, 0.29) is 6.10 Å². The molecule has 3 heterocycles. The largest absolute Gasteiger partial charge is 0.393 e. The van der Waals surface area contributed by atoms with Crippen LogP contribution in [0.25, 0.3) is 10.2 Å². The van der Waals surface area contributed by atoms with Crippen LogP contribution in [0, 0.1) is 6.92 Å². The third-order valence-electron chi connectivity index (χ3n) is 6.65. The van der Waals surface area contributed by atoms with Crippen LogP contribution in [0.1, 0.15) is 31.2 Å². The summed E-state index contributed by atoms with van der Waals surface area (Å²) < 4.78 is 0. The molecule has 2 aliphatic rings. The zero-order valence-electron chi connectivity index (χ0n) is 18.8. The quantitative estimate of drug-likeness (QED) is 0.535. The Labute approximate surface area is 193 Å². The summed E-state index contributed by atoms with van der Waals surface area (Å²) in [7, 11) is 2.18. The molecule has 0 amide bonds. The summed E-state index contributed by atoms with van der Waals surface area (Å²) >= 11 is 1.65. The second-order valence-electron chi connectivity index (χ2n) is 9.11. The van der Waals surface area contributed by atoms with E-state index in [1.54, 1.807) is 11.3 Å². The molecular weight excluding hydrogens is 420 g/mol. The van der Waals surface area contributed by atoms with Crippen molar-refractivity contribution in [1.82, 2.24) is 14.9 Å². The number of aromatic nitrogens is 2. The van der Waals surface area contributed by atoms with E-state index in [1.165, 1.54) is 11.3 Å². The Hall–Kier alpha value is -2.42. The van der Waals surface area contributed by atoms with Gasteiger partial charge >= 0.3 is 0 Å². The number of anilines is 4. The smallest absolute Gasteiger partial charge is 0.230 e. The van der Waals surface area contributed by atoms with Crippen molar-refractivity contribution in [1.29, 1.82) is 0 Å². The van der Waals surface area contributed by atoms with E-state index < -0.39 is 0 Å². The number of benzene rings is 1. The number of thiophene rings is 1. The van der Waals surface area contributed by atoms with Gasteiger partial charge in [0.2, 0.25) is 5.95 Å². The normalized spacial score (nSPS) is 22.3. The molecular formula is C24H32N6OS. The minimum absolute atomic E-state index is 0.160. The number of aliphatic hydroxyl groups excluding tert-OH is 1. The second kappa shape index (κ2) is 9.21. The maximum Gasteiger partial charge on any atom is 0.230 e. The number of aryl methyl sites for hydroxylation is 1. The summed E-state index contributed by atoms with van der Waals surface area (Å²) in [5, 5.41) is 20.1. The molecule has 7 nitrogen and oxygen atoms in total. The van der Waals surface area contributed by atoms with Crippen LogP contribution in [0.5, 0.6) is 0 Å². The van der Waals surface area contributed by atoms with Crippen LogP contribution in [0.15, 0.2) is 29.6 Å². The van der Waals surface area contributed by atoms with Crippen LogP contribution in [-0.4, -0.2) is 65.3 Å². The third-order valence-corrected chi connectivity index (χ3v) is 7.64. The Bertz CT molecular complexity index is 1050. The molecule has 0 bridgehead atoms. The Morgan fingerprint density at radius 3 is 2.44 bits per heavy atom. The van der Waals surface area contributed by atoms with Crippen LogP contribution in [0.4, 0.5) is 23.1 Å². The Morgan fingerprint density at radius 2 is 1.72 bits per heavy atom. The summed E-state index contributed by atoms with van der Waals surface area (Å²) in [5.74, 6) is 1.51. The maximum atomic E-state index is 9.83. The van der Waals surface area contributed by atoms with Gasteiger partial charge in [-0.15, -0.1) is 11.3 Å². The van der Waals surface area contributed by atoms with Gasteiger partial charge in [-0.25, -0.2) is 4.98 Å². The van der Waals surface area contributed by atoms with Gasteiger partial charge in [0.1, 0.15) is 10.6 Å². The summed E-state index contributed by atoms with van der Waals surface area (Å²) in [6.07, 6.45) is 3.46. The highest BCUT2D eigenvalue weighted by Crippen LogP contribution is 2.33.